The Morgan fingerprint density at radius 1 is 0.926 bits per heavy atom. The molecule has 3 aliphatic heterocycles. The van der Waals surface area contributed by atoms with E-state index >= 15 is 0 Å². The first-order chi connectivity index (χ1) is 13.1. The van der Waals surface area contributed by atoms with Gasteiger partial charge in [0.1, 0.15) is 0 Å². The van der Waals surface area contributed by atoms with Crippen molar-refractivity contribution in [2.24, 2.45) is 5.92 Å². The molecule has 1 unspecified atom stereocenters. The molecule has 142 valence electrons. The summed E-state index contributed by atoms with van der Waals surface area (Å²) in [5, 5.41) is 0. The Kier molecular flexibility index (Phi) is 3.95. The number of benzene rings is 1. The smallest absolute Gasteiger partial charge is 0.263 e. The van der Waals surface area contributed by atoms with Crippen LogP contribution in [0.3, 0.4) is 0 Å². The lowest BCUT2D eigenvalue weighted by molar-refractivity contribution is -0.134. The summed E-state index contributed by atoms with van der Waals surface area (Å²) in [6.07, 6.45) is 5.86. The maximum atomic E-state index is 13.0. The number of amides is 3. The second kappa shape index (κ2) is 6.36. The lowest BCUT2D eigenvalue weighted by Crippen LogP contribution is -2.44. The normalized spacial score (nSPS) is 25.3. The summed E-state index contributed by atoms with van der Waals surface area (Å²) in [4.78, 5) is 44.1. The summed E-state index contributed by atoms with van der Waals surface area (Å²) in [6.45, 7) is 3.21. The summed E-state index contributed by atoms with van der Waals surface area (Å²) in [5.41, 5.74) is 1.90. The van der Waals surface area contributed by atoms with Gasteiger partial charge in [-0.25, -0.2) is 0 Å². The maximum Gasteiger partial charge on any atom is 0.263 e. The van der Waals surface area contributed by atoms with Crippen molar-refractivity contribution in [2.45, 2.75) is 44.6 Å². The van der Waals surface area contributed by atoms with Gasteiger partial charge in [-0.15, -0.1) is 0 Å². The zero-order valence-electron chi connectivity index (χ0n) is 15.5. The molecule has 3 amide bonds. The van der Waals surface area contributed by atoms with Crippen LogP contribution in [-0.2, 0) is 4.79 Å². The summed E-state index contributed by atoms with van der Waals surface area (Å²) in [6, 6.07) is 5.64. The van der Waals surface area contributed by atoms with E-state index in [4.69, 9.17) is 0 Å². The van der Waals surface area contributed by atoms with Crippen LogP contribution in [0.1, 0.15) is 59.2 Å². The van der Waals surface area contributed by atoms with Gasteiger partial charge in [0.2, 0.25) is 5.91 Å². The quantitative estimate of drug-likeness (QED) is 0.769. The summed E-state index contributed by atoms with van der Waals surface area (Å²) < 4.78 is 0. The van der Waals surface area contributed by atoms with Crippen LogP contribution < -0.4 is 4.90 Å². The molecule has 2 saturated heterocycles. The van der Waals surface area contributed by atoms with E-state index in [0.29, 0.717) is 17.7 Å². The predicted octanol–water partition coefficient (Wildman–Crippen LogP) is 2.28. The van der Waals surface area contributed by atoms with Gasteiger partial charge in [0, 0.05) is 32.2 Å². The zero-order valence-corrected chi connectivity index (χ0v) is 15.5. The van der Waals surface area contributed by atoms with E-state index in [1.54, 1.807) is 6.07 Å². The molecule has 3 fully saturated rings. The third-order valence-corrected chi connectivity index (χ3v) is 6.37. The molecule has 0 aromatic heterocycles. The highest BCUT2D eigenvalue weighted by molar-refractivity contribution is 6.24. The van der Waals surface area contributed by atoms with Gasteiger partial charge in [-0.1, -0.05) is 6.07 Å². The Bertz CT molecular complexity index is 811. The SMILES string of the molecule is O=C(C1CCCN(c2cccc3c2C(=O)N(C2CC2)C3=O)C1)N1CCCC1. The molecule has 5 rings (SSSR count). The van der Waals surface area contributed by atoms with Crippen LogP contribution >= 0.6 is 0 Å². The van der Waals surface area contributed by atoms with E-state index in [-0.39, 0.29) is 29.7 Å². The molecule has 4 aliphatic rings. The predicted molar refractivity (Wildman–Crippen MR) is 101 cm³/mol. The summed E-state index contributed by atoms with van der Waals surface area (Å²) in [7, 11) is 0. The second-order valence-electron chi connectivity index (χ2n) is 8.23. The average molecular weight is 367 g/mol. The van der Waals surface area contributed by atoms with Crippen LogP contribution in [0.5, 0.6) is 0 Å². The molecular weight excluding hydrogens is 342 g/mol. The topological polar surface area (TPSA) is 60.9 Å². The van der Waals surface area contributed by atoms with E-state index in [2.05, 4.69) is 4.90 Å². The highest BCUT2D eigenvalue weighted by atomic mass is 16.2. The Hall–Kier alpha value is -2.37. The highest BCUT2D eigenvalue weighted by Crippen LogP contribution is 2.39. The minimum absolute atomic E-state index is 0.0144. The van der Waals surface area contributed by atoms with Crippen LogP contribution in [-0.4, -0.2) is 59.7 Å². The molecule has 3 heterocycles. The number of carbonyl (C=O) groups is 3. The van der Waals surface area contributed by atoms with Crippen molar-refractivity contribution < 1.29 is 14.4 Å². The van der Waals surface area contributed by atoms with Gasteiger partial charge in [-0.05, 0) is 50.7 Å². The zero-order chi connectivity index (χ0) is 18.5. The molecule has 1 aromatic rings. The van der Waals surface area contributed by atoms with Crippen molar-refractivity contribution in [3.05, 3.63) is 29.3 Å². The molecule has 1 aromatic carbocycles. The molecule has 0 spiro atoms. The van der Waals surface area contributed by atoms with Crippen LogP contribution in [0.2, 0.25) is 0 Å². The number of rotatable bonds is 3. The third kappa shape index (κ3) is 2.73. The number of anilines is 1. The molecule has 6 heteroatoms. The number of hydrogen-bond acceptors (Lipinski definition) is 4. The van der Waals surface area contributed by atoms with E-state index in [9.17, 15) is 14.4 Å². The van der Waals surface area contributed by atoms with Crippen LogP contribution in [0, 0.1) is 5.92 Å². The van der Waals surface area contributed by atoms with Gasteiger partial charge >= 0.3 is 0 Å². The molecule has 1 atom stereocenters. The van der Waals surface area contributed by atoms with Crippen molar-refractivity contribution in [3.63, 3.8) is 0 Å². The van der Waals surface area contributed by atoms with E-state index in [0.717, 1.165) is 63.8 Å². The van der Waals surface area contributed by atoms with Crippen molar-refractivity contribution in [3.8, 4) is 0 Å². The average Bonchev–Trinajstić information content (AvgIpc) is 3.30. The Labute approximate surface area is 159 Å². The van der Waals surface area contributed by atoms with Crippen molar-refractivity contribution in [1.82, 2.24) is 9.80 Å². The van der Waals surface area contributed by atoms with Gasteiger partial charge in [0.05, 0.1) is 22.7 Å². The van der Waals surface area contributed by atoms with E-state index in [1.807, 2.05) is 17.0 Å². The van der Waals surface area contributed by atoms with Crippen molar-refractivity contribution >= 4 is 23.4 Å². The number of likely N-dealkylation sites (tertiary alicyclic amines) is 1. The van der Waals surface area contributed by atoms with Gasteiger partial charge in [0.15, 0.2) is 0 Å². The summed E-state index contributed by atoms with van der Waals surface area (Å²) >= 11 is 0. The minimum Gasteiger partial charge on any atom is -0.370 e. The lowest BCUT2D eigenvalue weighted by atomic mass is 9.95. The highest BCUT2D eigenvalue weighted by Gasteiger charge is 2.46. The fraction of sp³-hybridized carbons (Fsp3) is 0.571. The molecule has 1 aliphatic carbocycles. The number of piperidine rings is 1. The largest absolute Gasteiger partial charge is 0.370 e. The molecule has 0 N–H and O–H groups in total. The minimum atomic E-state index is -0.152. The molecule has 1 saturated carbocycles. The first-order valence-corrected chi connectivity index (χ1v) is 10.2. The molecule has 0 bridgehead atoms. The van der Waals surface area contributed by atoms with Crippen molar-refractivity contribution in [2.75, 3.05) is 31.1 Å². The molecular formula is C21H25N3O3. The van der Waals surface area contributed by atoms with Gasteiger partial charge in [-0.3, -0.25) is 19.3 Å². The Morgan fingerprint density at radius 2 is 1.70 bits per heavy atom. The van der Waals surface area contributed by atoms with Gasteiger partial charge in [-0.2, -0.15) is 0 Å². The standard InChI is InChI=1S/C21H25N3O3/c25-19(22-10-1-2-11-22)14-5-4-12-23(13-14)17-7-3-6-16-18(17)21(27)24(20(16)26)15-8-9-15/h3,6-7,14-15H,1-2,4-5,8-13H2. The monoisotopic (exact) mass is 367 g/mol. The first-order valence-electron chi connectivity index (χ1n) is 10.2. The van der Waals surface area contributed by atoms with Crippen LogP contribution in [0.15, 0.2) is 18.2 Å². The fourth-order valence-electron chi connectivity index (χ4n) is 4.81. The van der Waals surface area contributed by atoms with Crippen LogP contribution in [0.25, 0.3) is 0 Å². The lowest BCUT2D eigenvalue weighted by Gasteiger charge is -2.36. The second-order valence-corrected chi connectivity index (χ2v) is 8.23. The number of nitrogens with zero attached hydrogens (tertiary/aromatic N) is 3. The van der Waals surface area contributed by atoms with Crippen molar-refractivity contribution in [1.29, 1.82) is 0 Å². The first kappa shape index (κ1) is 16.8. The van der Waals surface area contributed by atoms with Gasteiger partial charge < -0.3 is 9.80 Å². The number of fused-ring (bicyclic) bond motifs is 1. The van der Waals surface area contributed by atoms with Crippen LogP contribution in [0.4, 0.5) is 5.69 Å². The molecule has 27 heavy (non-hydrogen) atoms. The summed E-state index contributed by atoms with van der Waals surface area (Å²) in [5.74, 6) is -0.0617. The van der Waals surface area contributed by atoms with E-state index < -0.39 is 0 Å². The number of hydrogen-bond donors (Lipinski definition) is 0. The fourth-order valence-corrected chi connectivity index (χ4v) is 4.81. The Balaban J connectivity index is 1.41. The van der Waals surface area contributed by atoms with Gasteiger partial charge in [0.25, 0.3) is 11.8 Å². The molecule has 6 nitrogen and oxygen atoms in total. The Morgan fingerprint density at radius 3 is 2.44 bits per heavy atom. The number of imide groups is 1. The molecule has 0 radical (unpaired) electrons. The maximum absolute atomic E-state index is 13.0. The third-order valence-electron chi connectivity index (χ3n) is 6.37. The van der Waals surface area contributed by atoms with E-state index in [1.165, 1.54) is 4.90 Å². The number of carbonyl (C=O) groups excluding carboxylic acids is 3.